The summed E-state index contributed by atoms with van der Waals surface area (Å²) in [6, 6.07) is 4.91. The Hall–Kier alpha value is -1.79. The number of halogens is 1. The first-order chi connectivity index (χ1) is 9.72. The molecular weight excluding hydrogens is 326 g/mol. The second-order valence-electron chi connectivity index (χ2n) is 4.29. The molecule has 1 aromatic carbocycles. The Kier molecular flexibility index (Phi) is 3.50. The first-order valence-corrected chi connectivity index (χ1v) is 6.97. The summed E-state index contributed by atoms with van der Waals surface area (Å²) in [5.74, 6) is 0.439. The van der Waals surface area contributed by atoms with Gasteiger partial charge >= 0.3 is 5.63 Å². The topological polar surface area (TPSA) is 78.6 Å². The van der Waals surface area contributed by atoms with Gasteiger partial charge in [0.05, 0.1) is 12.9 Å². The van der Waals surface area contributed by atoms with Gasteiger partial charge in [-0.05, 0) is 41.0 Å². The third-order valence-electron chi connectivity index (χ3n) is 2.98. The Morgan fingerprint density at radius 2 is 2.00 bits per heavy atom. The molecule has 0 amide bonds. The molecular formula is C14H12BrNO4. The Morgan fingerprint density at radius 1 is 1.20 bits per heavy atom. The quantitative estimate of drug-likeness (QED) is 0.584. The molecule has 2 N–H and O–H groups in total. The van der Waals surface area contributed by atoms with Gasteiger partial charge in [0, 0.05) is 21.3 Å². The van der Waals surface area contributed by atoms with Crippen LogP contribution >= 0.6 is 15.9 Å². The molecule has 104 valence electrons. The smallest absolute Gasteiger partial charge is 0.336 e. The van der Waals surface area contributed by atoms with Crippen molar-refractivity contribution in [1.82, 2.24) is 0 Å². The average Bonchev–Trinajstić information content (AvgIpc) is 2.92. The van der Waals surface area contributed by atoms with Crippen LogP contribution in [0.4, 0.5) is 0 Å². The van der Waals surface area contributed by atoms with Crippen molar-refractivity contribution in [3.8, 4) is 5.75 Å². The monoisotopic (exact) mass is 337 g/mol. The van der Waals surface area contributed by atoms with E-state index in [0.29, 0.717) is 36.5 Å². The Balaban J connectivity index is 2.30. The van der Waals surface area contributed by atoms with Crippen LogP contribution in [0.2, 0.25) is 0 Å². The zero-order valence-electron chi connectivity index (χ0n) is 10.5. The van der Waals surface area contributed by atoms with Crippen molar-refractivity contribution in [2.75, 3.05) is 13.2 Å². The molecule has 0 saturated carbocycles. The molecule has 0 aliphatic rings. The summed E-state index contributed by atoms with van der Waals surface area (Å²) >= 11 is 3.50. The van der Waals surface area contributed by atoms with Crippen molar-refractivity contribution in [2.45, 2.75) is 6.42 Å². The second kappa shape index (κ2) is 5.30. The Morgan fingerprint density at radius 3 is 2.80 bits per heavy atom. The molecule has 3 rings (SSSR count). The lowest BCUT2D eigenvalue weighted by atomic mass is 10.1. The van der Waals surface area contributed by atoms with Gasteiger partial charge in [-0.25, -0.2) is 4.79 Å². The molecule has 0 fully saturated rings. The molecule has 0 atom stereocenters. The minimum atomic E-state index is -0.431. The van der Waals surface area contributed by atoms with E-state index in [2.05, 4.69) is 15.9 Å². The second-order valence-corrected chi connectivity index (χ2v) is 5.09. The molecule has 0 unspecified atom stereocenters. The molecule has 0 aliphatic carbocycles. The van der Waals surface area contributed by atoms with Crippen molar-refractivity contribution < 1.29 is 13.6 Å². The highest BCUT2D eigenvalue weighted by Gasteiger charge is 2.18. The van der Waals surface area contributed by atoms with Crippen LogP contribution in [0.3, 0.4) is 0 Å². The summed E-state index contributed by atoms with van der Waals surface area (Å²) in [5.41, 5.74) is 5.96. The largest absolute Gasteiger partial charge is 0.486 e. The number of nitrogens with two attached hydrogens (primary N) is 1. The molecule has 0 radical (unpaired) electrons. The number of hydrogen-bond acceptors (Lipinski definition) is 5. The van der Waals surface area contributed by atoms with E-state index in [0.717, 1.165) is 15.2 Å². The summed E-state index contributed by atoms with van der Waals surface area (Å²) in [6.07, 6.45) is 2.28. The lowest BCUT2D eigenvalue weighted by Crippen LogP contribution is -2.07. The van der Waals surface area contributed by atoms with Gasteiger partial charge in [0.15, 0.2) is 11.2 Å². The zero-order valence-corrected chi connectivity index (χ0v) is 12.1. The van der Waals surface area contributed by atoms with Gasteiger partial charge in [0.1, 0.15) is 0 Å². The Bertz CT molecular complexity index is 821. The van der Waals surface area contributed by atoms with Crippen LogP contribution in [0.25, 0.3) is 21.9 Å². The van der Waals surface area contributed by atoms with Crippen molar-refractivity contribution in [1.29, 1.82) is 0 Å². The molecule has 5 nitrogen and oxygen atoms in total. The van der Waals surface area contributed by atoms with E-state index in [1.807, 2.05) is 6.07 Å². The molecule has 0 spiro atoms. The van der Waals surface area contributed by atoms with Gasteiger partial charge in [-0.15, -0.1) is 0 Å². The van der Waals surface area contributed by atoms with E-state index in [-0.39, 0.29) is 0 Å². The molecule has 0 saturated heterocycles. The summed E-state index contributed by atoms with van der Waals surface area (Å²) in [5, 5.41) is 1.63. The third kappa shape index (κ3) is 2.10. The van der Waals surface area contributed by atoms with E-state index in [1.165, 1.54) is 6.07 Å². The van der Waals surface area contributed by atoms with Crippen molar-refractivity contribution in [2.24, 2.45) is 5.73 Å². The highest BCUT2D eigenvalue weighted by atomic mass is 79.9. The fourth-order valence-corrected chi connectivity index (χ4v) is 2.68. The van der Waals surface area contributed by atoms with Crippen LogP contribution in [0, 0.1) is 0 Å². The molecule has 2 heterocycles. The van der Waals surface area contributed by atoms with Crippen LogP contribution in [-0.2, 0) is 0 Å². The van der Waals surface area contributed by atoms with Crippen LogP contribution < -0.4 is 16.1 Å². The standard InChI is InChI=1S/C14H12BrNO4/c15-11-8-2-3-10(17)20-13(8)14(18-6-1-5-16)12-9(11)4-7-19-12/h2-4,7H,1,5-6,16H2. The van der Waals surface area contributed by atoms with Gasteiger partial charge in [-0.3, -0.25) is 0 Å². The van der Waals surface area contributed by atoms with Crippen LogP contribution in [0.1, 0.15) is 6.42 Å². The number of ether oxygens (including phenoxy) is 1. The van der Waals surface area contributed by atoms with Crippen molar-refractivity contribution in [3.63, 3.8) is 0 Å². The van der Waals surface area contributed by atoms with E-state index in [9.17, 15) is 4.79 Å². The third-order valence-corrected chi connectivity index (χ3v) is 3.83. The lowest BCUT2D eigenvalue weighted by molar-refractivity contribution is 0.310. The number of benzene rings is 1. The van der Waals surface area contributed by atoms with Gasteiger partial charge in [-0.2, -0.15) is 0 Å². The fourth-order valence-electron chi connectivity index (χ4n) is 2.05. The highest BCUT2D eigenvalue weighted by Crippen LogP contribution is 2.40. The van der Waals surface area contributed by atoms with Gasteiger partial charge < -0.3 is 19.3 Å². The van der Waals surface area contributed by atoms with Gasteiger partial charge in [0.2, 0.25) is 5.75 Å². The van der Waals surface area contributed by atoms with E-state index in [1.54, 1.807) is 12.3 Å². The zero-order chi connectivity index (χ0) is 14.1. The highest BCUT2D eigenvalue weighted by molar-refractivity contribution is 9.10. The SMILES string of the molecule is NCCCOc1c2occc2c(Br)c2ccc(=O)oc12. The van der Waals surface area contributed by atoms with Gasteiger partial charge in [-0.1, -0.05) is 0 Å². The van der Waals surface area contributed by atoms with Crippen molar-refractivity contribution in [3.05, 3.63) is 39.4 Å². The summed E-state index contributed by atoms with van der Waals surface area (Å²) < 4.78 is 17.3. The normalized spacial score (nSPS) is 11.3. The molecule has 0 bridgehead atoms. The number of fused-ring (bicyclic) bond motifs is 2. The predicted octanol–water partition coefficient (Wildman–Crippen LogP) is 3.03. The maximum Gasteiger partial charge on any atom is 0.336 e. The average molecular weight is 338 g/mol. The Labute approximate surface area is 122 Å². The molecule has 0 aliphatic heterocycles. The lowest BCUT2D eigenvalue weighted by Gasteiger charge is -2.09. The fraction of sp³-hybridized carbons (Fsp3) is 0.214. The van der Waals surface area contributed by atoms with E-state index in [4.69, 9.17) is 19.3 Å². The van der Waals surface area contributed by atoms with E-state index >= 15 is 0 Å². The molecule has 20 heavy (non-hydrogen) atoms. The number of furan rings is 1. The van der Waals surface area contributed by atoms with E-state index < -0.39 is 5.63 Å². The maximum absolute atomic E-state index is 11.5. The van der Waals surface area contributed by atoms with Gasteiger partial charge in [0.25, 0.3) is 0 Å². The molecule has 6 heteroatoms. The number of rotatable bonds is 4. The number of hydrogen-bond donors (Lipinski definition) is 1. The minimum absolute atomic E-state index is 0.379. The van der Waals surface area contributed by atoms with Crippen LogP contribution in [0.5, 0.6) is 5.75 Å². The predicted molar refractivity (Wildman–Crippen MR) is 79.1 cm³/mol. The molecule has 2 aromatic heterocycles. The molecule has 3 aromatic rings. The minimum Gasteiger partial charge on any atom is -0.486 e. The first kappa shape index (κ1) is 13.2. The maximum atomic E-state index is 11.5. The van der Waals surface area contributed by atoms with Crippen LogP contribution in [-0.4, -0.2) is 13.2 Å². The first-order valence-electron chi connectivity index (χ1n) is 6.17. The summed E-state index contributed by atoms with van der Waals surface area (Å²) in [6.45, 7) is 0.960. The van der Waals surface area contributed by atoms with Crippen molar-refractivity contribution >= 4 is 37.9 Å². The van der Waals surface area contributed by atoms with Crippen LogP contribution in [0.15, 0.2) is 42.6 Å². The summed E-state index contributed by atoms with van der Waals surface area (Å²) in [4.78, 5) is 11.5. The summed E-state index contributed by atoms with van der Waals surface area (Å²) in [7, 11) is 0.